The van der Waals surface area contributed by atoms with Gasteiger partial charge in [0, 0.05) is 11.3 Å². The molecule has 0 saturated carbocycles. The van der Waals surface area contributed by atoms with Crippen LogP contribution in [0.25, 0.3) is 0 Å². The molecule has 0 atom stereocenters. The maximum absolute atomic E-state index is 12.9. The van der Waals surface area contributed by atoms with E-state index in [0.717, 1.165) is 5.56 Å². The van der Waals surface area contributed by atoms with Gasteiger partial charge in [-0.15, -0.1) is 0 Å². The number of carbonyl (C=O) groups excluding carboxylic acids is 1. The molecular formula is C27H23Cl2N3O5S2. The SMILES string of the molecule is Cc1ccc(S(=O)(=O)Nc2cc(C(=O)Nc3ccc(S(=O)(=O)Nc4cccc(Cl)c4Cl)cc3)ccc2C)cc1. The summed E-state index contributed by atoms with van der Waals surface area (Å²) in [5, 5.41) is 2.96. The number of hydrogen-bond acceptors (Lipinski definition) is 5. The zero-order valence-electron chi connectivity index (χ0n) is 20.7. The summed E-state index contributed by atoms with van der Waals surface area (Å²) in [6, 6.07) is 21.1. The van der Waals surface area contributed by atoms with Crippen molar-refractivity contribution in [2.24, 2.45) is 0 Å². The molecule has 0 aliphatic carbocycles. The van der Waals surface area contributed by atoms with E-state index in [0.29, 0.717) is 11.3 Å². The molecule has 4 aromatic rings. The first kappa shape index (κ1) is 28.4. The van der Waals surface area contributed by atoms with Crippen LogP contribution in [0.1, 0.15) is 21.5 Å². The molecule has 4 aromatic carbocycles. The number of nitrogens with one attached hydrogen (secondary N) is 3. The van der Waals surface area contributed by atoms with E-state index in [9.17, 15) is 21.6 Å². The number of benzene rings is 4. The quantitative estimate of drug-likeness (QED) is 0.213. The van der Waals surface area contributed by atoms with Crippen LogP contribution in [0.2, 0.25) is 10.0 Å². The molecule has 0 radical (unpaired) electrons. The zero-order valence-corrected chi connectivity index (χ0v) is 23.8. The van der Waals surface area contributed by atoms with Gasteiger partial charge in [0.05, 0.1) is 31.2 Å². The fraction of sp³-hybridized carbons (Fsp3) is 0.0741. The number of hydrogen-bond donors (Lipinski definition) is 3. The number of carbonyl (C=O) groups is 1. The molecular weight excluding hydrogens is 581 g/mol. The molecule has 1 amide bonds. The highest BCUT2D eigenvalue weighted by Gasteiger charge is 2.19. The first-order valence-electron chi connectivity index (χ1n) is 11.4. The molecule has 0 bridgehead atoms. The Hall–Kier alpha value is -3.57. The molecule has 0 unspecified atom stereocenters. The van der Waals surface area contributed by atoms with E-state index in [1.165, 1.54) is 54.6 Å². The smallest absolute Gasteiger partial charge is 0.261 e. The summed E-state index contributed by atoms with van der Waals surface area (Å²) in [7, 11) is -7.83. The third kappa shape index (κ3) is 6.72. The maximum atomic E-state index is 12.9. The Morgan fingerprint density at radius 1 is 0.692 bits per heavy atom. The van der Waals surface area contributed by atoms with E-state index in [1.807, 2.05) is 6.92 Å². The van der Waals surface area contributed by atoms with Crippen LogP contribution in [0, 0.1) is 13.8 Å². The molecule has 3 N–H and O–H groups in total. The topological polar surface area (TPSA) is 121 Å². The van der Waals surface area contributed by atoms with Gasteiger partial charge >= 0.3 is 0 Å². The molecule has 202 valence electrons. The maximum Gasteiger partial charge on any atom is 0.261 e. The molecule has 0 aliphatic rings. The minimum atomic E-state index is -3.97. The lowest BCUT2D eigenvalue weighted by molar-refractivity contribution is 0.102. The Bertz CT molecular complexity index is 1760. The van der Waals surface area contributed by atoms with Gasteiger partial charge in [0.15, 0.2) is 0 Å². The third-order valence-electron chi connectivity index (χ3n) is 5.69. The van der Waals surface area contributed by atoms with Crippen LogP contribution in [0.5, 0.6) is 0 Å². The number of sulfonamides is 2. The molecule has 0 heterocycles. The van der Waals surface area contributed by atoms with E-state index in [1.54, 1.807) is 37.3 Å². The lowest BCUT2D eigenvalue weighted by Crippen LogP contribution is -2.16. The van der Waals surface area contributed by atoms with Crippen LogP contribution in [-0.2, 0) is 20.0 Å². The fourth-order valence-electron chi connectivity index (χ4n) is 3.50. The Labute approximate surface area is 237 Å². The van der Waals surface area contributed by atoms with Crippen molar-refractivity contribution in [3.05, 3.63) is 112 Å². The monoisotopic (exact) mass is 603 g/mol. The van der Waals surface area contributed by atoms with Gasteiger partial charge in [0.25, 0.3) is 26.0 Å². The van der Waals surface area contributed by atoms with Crippen molar-refractivity contribution in [2.45, 2.75) is 23.6 Å². The Morgan fingerprint density at radius 2 is 1.26 bits per heavy atom. The number of rotatable bonds is 8. The number of amides is 1. The van der Waals surface area contributed by atoms with E-state index >= 15 is 0 Å². The summed E-state index contributed by atoms with van der Waals surface area (Å²) >= 11 is 12.0. The minimum Gasteiger partial charge on any atom is -0.322 e. The average molecular weight is 605 g/mol. The van der Waals surface area contributed by atoms with E-state index in [-0.39, 0.29) is 36.8 Å². The summed E-state index contributed by atoms with van der Waals surface area (Å²) in [4.78, 5) is 12.9. The second-order valence-electron chi connectivity index (χ2n) is 8.63. The normalized spacial score (nSPS) is 11.6. The summed E-state index contributed by atoms with van der Waals surface area (Å²) in [6.45, 7) is 3.58. The molecule has 0 aliphatic heterocycles. The molecule has 39 heavy (non-hydrogen) atoms. The van der Waals surface area contributed by atoms with Crippen molar-refractivity contribution in [1.29, 1.82) is 0 Å². The van der Waals surface area contributed by atoms with Gasteiger partial charge in [-0.3, -0.25) is 14.2 Å². The highest BCUT2D eigenvalue weighted by Crippen LogP contribution is 2.31. The molecule has 0 spiro atoms. The molecule has 8 nitrogen and oxygen atoms in total. The lowest BCUT2D eigenvalue weighted by atomic mass is 10.1. The zero-order chi connectivity index (χ0) is 28.4. The van der Waals surface area contributed by atoms with Crippen molar-refractivity contribution in [1.82, 2.24) is 0 Å². The van der Waals surface area contributed by atoms with Crippen molar-refractivity contribution in [3.8, 4) is 0 Å². The first-order chi connectivity index (χ1) is 18.4. The predicted octanol–water partition coefficient (Wildman–Crippen LogP) is 6.46. The summed E-state index contributed by atoms with van der Waals surface area (Å²) < 4.78 is 56.1. The van der Waals surface area contributed by atoms with E-state index < -0.39 is 26.0 Å². The highest BCUT2D eigenvalue weighted by molar-refractivity contribution is 7.93. The van der Waals surface area contributed by atoms with Crippen LogP contribution in [0.15, 0.2) is 94.7 Å². The van der Waals surface area contributed by atoms with Gasteiger partial charge in [0.2, 0.25) is 0 Å². The number of anilines is 3. The fourth-order valence-corrected chi connectivity index (χ4v) is 6.10. The second kappa shape index (κ2) is 11.3. The van der Waals surface area contributed by atoms with E-state index in [4.69, 9.17) is 23.2 Å². The third-order valence-corrected chi connectivity index (χ3v) is 9.28. The first-order valence-corrected chi connectivity index (χ1v) is 15.2. The Kier molecular flexibility index (Phi) is 8.22. The summed E-state index contributed by atoms with van der Waals surface area (Å²) in [5.41, 5.74) is 2.49. The van der Waals surface area contributed by atoms with Crippen LogP contribution < -0.4 is 14.8 Å². The molecule has 0 aromatic heterocycles. The van der Waals surface area contributed by atoms with Gasteiger partial charge in [-0.1, -0.05) is 53.0 Å². The minimum absolute atomic E-state index is 0.0559. The van der Waals surface area contributed by atoms with Crippen LogP contribution in [0.3, 0.4) is 0 Å². The largest absolute Gasteiger partial charge is 0.322 e. The van der Waals surface area contributed by atoms with Crippen molar-refractivity contribution in [2.75, 3.05) is 14.8 Å². The average Bonchev–Trinajstić information content (AvgIpc) is 2.88. The highest BCUT2D eigenvalue weighted by atomic mass is 35.5. The van der Waals surface area contributed by atoms with Gasteiger partial charge in [-0.2, -0.15) is 0 Å². The lowest BCUT2D eigenvalue weighted by Gasteiger charge is -2.13. The second-order valence-corrected chi connectivity index (χ2v) is 12.8. The van der Waals surface area contributed by atoms with Gasteiger partial charge in [-0.05, 0) is 80.1 Å². The van der Waals surface area contributed by atoms with Crippen LogP contribution >= 0.6 is 23.2 Å². The molecule has 12 heteroatoms. The summed E-state index contributed by atoms with van der Waals surface area (Å²) in [6.07, 6.45) is 0. The van der Waals surface area contributed by atoms with Crippen LogP contribution in [-0.4, -0.2) is 22.7 Å². The number of aryl methyl sites for hydroxylation is 2. The molecule has 0 fully saturated rings. The Morgan fingerprint density at radius 3 is 1.87 bits per heavy atom. The van der Waals surface area contributed by atoms with E-state index in [2.05, 4.69) is 14.8 Å². The Balaban J connectivity index is 1.48. The number of halogens is 2. The summed E-state index contributed by atoms with van der Waals surface area (Å²) in [5.74, 6) is -0.509. The predicted molar refractivity (Wildman–Crippen MR) is 155 cm³/mol. The standard InChI is InChI=1S/C27H23Cl2N3O5S2/c1-17-6-12-21(13-7-17)39(36,37)32-25-16-19(9-8-18(25)2)27(33)30-20-10-14-22(15-11-20)38(34,35)31-24-5-3-4-23(28)26(24)29/h3-16,31-32H,1-2H3,(H,30,33). The van der Waals surface area contributed by atoms with Gasteiger partial charge < -0.3 is 5.32 Å². The van der Waals surface area contributed by atoms with Crippen LogP contribution in [0.4, 0.5) is 17.1 Å². The molecule has 4 rings (SSSR count). The van der Waals surface area contributed by atoms with Gasteiger partial charge in [0.1, 0.15) is 0 Å². The molecule has 0 saturated heterocycles. The van der Waals surface area contributed by atoms with Crippen molar-refractivity contribution >= 4 is 66.2 Å². The van der Waals surface area contributed by atoms with Crippen molar-refractivity contribution < 1.29 is 21.6 Å². The van der Waals surface area contributed by atoms with Crippen molar-refractivity contribution in [3.63, 3.8) is 0 Å². The van der Waals surface area contributed by atoms with Gasteiger partial charge in [-0.25, -0.2) is 16.8 Å².